The highest BCUT2D eigenvalue weighted by molar-refractivity contribution is 5.98. The molecule has 0 spiro atoms. The third kappa shape index (κ3) is 3.32. The van der Waals surface area contributed by atoms with Gasteiger partial charge in [-0.05, 0) is 44.0 Å². The minimum atomic E-state index is -0.882. The smallest absolute Gasteiger partial charge is 0.307 e. The quantitative estimate of drug-likeness (QED) is 0.766. The SMILES string of the molecule is CC1(C(=O)Nc2cccc(CC(=O)O)c2)CCCN1. The van der Waals surface area contributed by atoms with Crippen molar-refractivity contribution in [1.29, 1.82) is 0 Å². The van der Waals surface area contributed by atoms with Gasteiger partial charge in [-0.1, -0.05) is 12.1 Å². The zero-order valence-corrected chi connectivity index (χ0v) is 10.9. The lowest BCUT2D eigenvalue weighted by Gasteiger charge is -2.23. The van der Waals surface area contributed by atoms with Crippen molar-refractivity contribution < 1.29 is 14.7 Å². The number of hydrogen-bond acceptors (Lipinski definition) is 3. The van der Waals surface area contributed by atoms with Crippen LogP contribution < -0.4 is 10.6 Å². The number of carbonyl (C=O) groups is 2. The molecule has 0 aliphatic carbocycles. The van der Waals surface area contributed by atoms with E-state index in [4.69, 9.17) is 5.11 Å². The Morgan fingerprint density at radius 1 is 1.47 bits per heavy atom. The Balaban J connectivity index is 2.06. The number of benzene rings is 1. The molecule has 1 aromatic rings. The predicted molar refractivity (Wildman–Crippen MR) is 72.1 cm³/mol. The third-order valence-electron chi connectivity index (χ3n) is 3.41. The van der Waals surface area contributed by atoms with Gasteiger partial charge in [0.15, 0.2) is 0 Å². The van der Waals surface area contributed by atoms with Gasteiger partial charge in [-0.25, -0.2) is 0 Å². The molecular formula is C14H18N2O3. The fraction of sp³-hybridized carbons (Fsp3) is 0.429. The number of anilines is 1. The molecule has 0 radical (unpaired) electrons. The molecular weight excluding hydrogens is 244 g/mol. The molecule has 1 amide bonds. The molecule has 1 atom stereocenters. The zero-order chi connectivity index (χ0) is 13.9. The highest BCUT2D eigenvalue weighted by Crippen LogP contribution is 2.21. The van der Waals surface area contributed by atoms with Gasteiger partial charge in [0.1, 0.15) is 0 Å². The first-order valence-corrected chi connectivity index (χ1v) is 6.37. The van der Waals surface area contributed by atoms with Gasteiger partial charge in [0.25, 0.3) is 0 Å². The first kappa shape index (κ1) is 13.5. The first-order chi connectivity index (χ1) is 8.99. The van der Waals surface area contributed by atoms with Crippen LogP contribution in [0.3, 0.4) is 0 Å². The Hall–Kier alpha value is -1.88. The highest BCUT2D eigenvalue weighted by atomic mass is 16.4. The summed E-state index contributed by atoms with van der Waals surface area (Å²) in [4.78, 5) is 22.8. The molecule has 5 heteroatoms. The van der Waals surface area contributed by atoms with Crippen LogP contribution in [0.25, 0.3) is 0 Å². The van der Waals surface area contributed by atoms with Crippen LogP contribution in [0, 0.1) is 0 Å². The van der Waals surface area contributed by atoms with E-state index >= 15 is 0 Å². The molecule has 0 bridgehead atoms. The van der Waals surface area contributed by atoms with Gasteiger partial charge >= 0.3 is 5.97 Å². The maximum Gasteiger partial charge on any atom is 0.307 e. The molecule has 1 aromatic carbocycles. The Morgan fingerprint density at radius 2 is 2.26 bits per heavy atom. The van der Waals surface area contributed by atoms with Crippen molar-refractivity contribution in [3.8, 4) is 0 Å². The van der Waals surface area contributed by atoms with Gasteiger partial charge in [-0.2, -0.15) is 0 Å². The standard InChI is InChI=1S/C14H18N2O3/c1-14(6-3-7-15-14)13(19)16-11-5-2-4-10(8-11)9-12(17)18/h2,4-5,8,15H,3,6-7,9H2,1H3,(H,16,19)(H,17,18). The number of carboxylic acids is 1. The van der Waals surface area contributed by atoms with Crippen LogP contribution in [0.5, 0.6) is 0 Å². The molecule has 1 saturated heterocycles. The van der Waals surface area contributed by atoms with Crippen molar-refractivity contribution in [2.24, 2.45) is 0 Å². The third-order valence-corrected chi connectivity index (χ3v) is 3.41. The minimum Gasteiger partial charge on any atom is -0.481 e. The van der Waals surface area contributed by atoms with Crippen molar-refractivity contribution in [3.63, 3.8) is 0 Å². The average Bonchev–Trinajstić information content (AvgIpc) is 2.77. The Labute approximate surface area is 112 Å². The summed E-state index contributed by atoms with van der Waals surface area (Å²) in [6.45, 7) is 2.74. The maximum absolute atomic E-state index is 12.2. The van der Waals surface area contributed by atoms with E-state index in [1.807, 2.05) is 6.92 Å². The second-order valence-corrected chi connectivity index (χ2v) is 5.09. The first-order valence-electron chi connectivity index (χ1n) is 6.37. The summed E-state index contributed by atoms with van der Waals surface area (Å²) < 4.78 is 0. The molecule has 1 fully saturated rings. The van der Waals surface area contributed by atoms with E-state index < -0.39 is 11.5 Å². The number of rotatable bonds is 4. The fourth-order valence-corrected chi connectivity index (χ4v) is 2.29. The molecule has 1 heterocycles. The lowest BCUT2D eigenvalue weighted by Crippen LogP contribution is -2.47. The van der Waals surface area contributed by atoms with Gasteiger partial charge in [0.05, 0.1) is 12.0 Å². The second kappa shape index (κ2) is 5.40. The van der Waals surface area contributed by atoms with E-state index in [0.717, 1.165) is 19.4 Å². The number of hydrogen-bond donors (Lipinski definition) is 3. The molecule has 0 saturated carbocycles. The fourth-order valence-electron chi connectivity index (χ4n) is 2.29. The summed E-state index contributed by atoms with van der Waals surface area (Å²) in [5.41, 5.74) is 0.788. The second-order valence-electron chi connectivity index (χ2n) is 5.09. The number of carbonyl (C=O) groups excluding carboxylic acids is 1. The van der Waals surface area contributed by atoms with Gasteiger partial charge in [-0.15, -0.1) is 0 Å². The van der Waals surface area contributed by atoms with Crippen LogP contribution in [0.15, 0.2) is 24.3 Å². The number of amides is 1. The van der Waals surface area contributed by atoms with Gasteiger partial charge < -0.3 is 15.7 Å². The molecule has 19 heavy (non-hydrogen) atoms. The van der Waals surface area contributed by atoms with Crippen LogP contribution in [0.1, 0.15) is 25.3 Å². The van der Waals surface area contributed by atoms with Gasteiger partial charge in [0.2, 0.25) is 5.91 Å². The molecule has 102 valence electrons. The van der Waals surface area contributed by atoms with E-state index in [-0.39, 0.29) is 12.3 Å². The van der Waals surface area contributed by atoms with Crippen molar-refractivity contribution in [2.75, 3.05) is 11.9 Å². The molecule has 5 nitrogen and oxygen atoms in total. The summed E-state index contributed by atoms with van der Waals surface area (Å²) in [6, 6.07) is 6.95. The predicted octanol–water partition coefficient (Wildman–Crippen LogP) is 1.39. The lowest BCUT2D eigenvalue weighted by atomic mass is 9.99. The van der Waals surface area contributed by atoms with Crippen LogP contribution >= 0.6 is 0 Å². The van der Waals surface area contributed by atoms with Crippen LogP contribution in [-0.2, 0) is 16.0 Å². The number of carboxylic acid groups (broad SMARTS) is 1. The molecule has 2 rings (SSSR count). The van der Waals surface area contributed by atoms with Crippen molar-refractivity contribution in [3.05, 3.63) is 29.8 Å². The van der Waals surface area contributed by atoms with E-state index in [1.165, 1.54) is 0 Å². The summed E-state index contributed by atoms with van der Waals surface area (Å²) >= 11 is 0. The van der Waals surface area contributed by atoms with Crippen LogP contribution in [0.2, 0.25) is 0 Å². The van der Waals surface area contributed by atoms with Gasteiger partial charge in [-0.3, -0.25) is 9.59 Å². The Morgan fingerprint density at radius 3 is 2.89 bits per heavy atom. The molecule has 3 N–H and O–H groups in total. The maximum atomic E-state index is 12.2. The minimum absolute atomic E-state index is 0.0424. The normalized spacial score (nSPS) is 22.2. The number of nitrogens with one attached hydrogen (secondary N) is 2. The summed E-state index contributed by atoms with van der Waals surface area (Å²) in [6.07, 6.45) is 1.76. The Kier molecular flexibility index (Phi) is 3.85. The van der Waals surface area contributed by atoms with Crippen LogP contribution in [-0.4, -0.2) is 29.1 Å². The molecule has 0 aromatic heterocycles. The average molecular weight is 262 g/mol. The van der Waals surface area contributed by atoms with Crippen molar-refractivity contribution in [2.45, 2.75) is 31.7 Å². The summed E-state index contributed by atoms with van der Waals surface area (Å²) in [5, 5.41) is 14.8. The Bertz CT molecular complexity index is 493. The van der Waals surface area contributed by atoms with E-state index in [2.05, 4.69) is 10.6 Å². The summed E-state index contributed by atoms with van der Waals surface area (Å²) in [7, 11) is 0. The van der Waals surface area contributed by atoms with E-state index in [1.54, 1.807) is 24.3 Å². The zero-order valence-electron chi connectivity index (χ0n) is 10.9. The van der Waals surface area contributed by atoms with E-state index in [9.17, 15) is 9.59 Å². The lowest BCUT2D eigenvalue weighted by molar-refractivity contribution is -0.136. The van der Waals surface area contributed by atoms with Crippen molar-refractivity contribution >= 4 is 17.6 Å². The highest BCUT2D eigenvalue weighted by Gasteiger charge is 2.35. The summed E-state index contributed by atoms with van der Waals surface area (Å²) in [5.74, 6) is -0.953. The molecule has 1 aliphatic rings. The molecule has 1 unspecified atom stereocenters. The monoisotopic (exact) mass is 262 g/mol. The van der Waals surface area contributed by atoms with Crippen LogP contribution in [0.4, 0.5) is 5.69 Å². The van der Waals surface area contributed by atoms with E-state index in [0.29, 0.717) is 11.3 Å². The van der Waals surface area contributed by atoms with Crippen molar-refractivity contribution in [1.82, 2.24) is 5.32 Å². The molecule has 1 aliphatic heterocycles. The number of aliphatic carboxylic acids is 1. The largest absolute Gasteiger partial charge is 0.481 e. The topological polar surface area (TPSA) is 78.4 Å². The van der Waals surface area contributed by atoms with Gasteiger partial charge in [0, 0.05) is 5.69 Å².